The van der Waals surface area contributed by atoms with Gasteiger partial charge in [-0.3, -0.25) is 9.59 Å². The molecule has 170 valence electrons. The molecule has 2 heterocycles. The van der Waals surface area contributed by atoms with E-state index in [0.29, 0.717) is 11.4 Å². The minimum Gasteiger partial charge on any atom is -0.339 e. The fourth-order valence-electron chi connectivity index (χ4n) is 4.51. The topological polar surface area (TPSA) is 76.0 Å². The van der Waals surface area contributed by atoms with Gasteiger partial charge in [-0.05, 0) is 50.6 Å². The molecule has 6 nitrogen and oxygen atoms in total. The van der Waals surface area contributed by atoms with E-state index in [1.807, 2.05) is 75.4 Å². The van der Waals surface area contributed by atoms with Crippen molar-refractivity contribution in [1.29, 1.82) is 0 Å². The Morgan fingerprint density at radius 1 is 0.882 bits per heavy atom. The summed E-state index contributed by atoms with van der Waals surface area (Å²) >= 11 is 0. The minimum atomic E-state index is -0.780. The van der Waals surface area contributed by atoms with Crippen molar-refractivity contribution >= 4 is 17.6 Å². The summed E-state index contributed by atoms with van der Waals surface area (Å²) in [6.45, 7) is 6.00. The number of nitrogens with zero attached hydrogens (tertiary/aromatic N) is 2. The average Bonchev–Trinajstić information content (AvgIpc) is 3.17. The van der Waals surface area contributed by atoms with E-state index in [-0.39, 0.29) is 17.7 Å². The molecular formula is C28H26N4O2. The Hall–Kier alpha value is -4.19. The molecule has 0 spiro atoms. The molecule has 1 aromatic heterocycles. The molecule has 4 aromatic rings. The first kappa shape index (κ1) is 21.6. The molecule has 34 heavy (non-hydrogen) atoms. The lowest BCUT2D eigenvalue weighted by Crippen LogP contribution is -2.50. The number of carbonyl (C=O) groups is 2. The molecule has 0 saturated carbocycles. The molecular weight excluding hydrogens is 424 g/mol. The van der Waals surface area contributed by atoms with Crippen LogP contribution in [-0.4, -0.2) is 27.6 Å². The average molecular weight is 451 g/mol. The van der Waals surface area contributed by atoms with E-state index >= 15 is 0 Å². The third-order valence-corrected chi connectivity index (χ3v) is 6.31. The molecule has 1 aliphatic rings. The first-order chi connectivity index (χ1) is 16.4. The summed E-state index contributed by atoms with van der Waals surface area (Å²) in [5.41, 5.74) is 6.31. The van der Waals surface area contributed by atoms with Crippen molar-refractivity contribution in [2.24, 2.45) is 0 Å². The van der Waals surface area contributed by atoms with Crippen LogP contribution in [0.2, 0.25) is 0 Å². The molecule has 2 atom stereocenters. The van der Waals surface area contributed by atoms with E-state index in [1.165, 1.54) is 0 Å². The van der Waals surface area contributed by atoms with Gasteiger partial charge >= 0.3 is 0 Å². The van der Waals surface area contributed by atoms with Gasteiger partial charge in [0.15, 0.2) is 0 Å². The van der Waals surface area contributed by atoms with Crippen LogP contribution in [0.3, 0.4) is 0 Å². The Morgan fingerprint density at radius 3 is 2.15 bits per heavy atom. The lowest BCUT2D eigenvalue weighted by Gasteiger charge is -2.33. The number of rotatable bonds is 4. The second-order valence-electron chi connectivity index (χ2n) is 8.79. The molecule has 6 heteroatoms. The van der Waals surface area contributed by atoms with Gasteiger partial charge < -0.3 is 10.6 Å². The number of fused-ring (bicyclic) bond motifs is 1. The fourth-order valence-corrected chi connectivity index (χ4v) is 4.51. The van der Waals surface area contributed by atoms with Crippen molar-refractivity contribution in [3.63, 3.8) is 0 Å². The van der Waals surface area contributed by atoms with Crippen LogP contribution < -0.4 is 10.6 Å². The van der Waals surface area contributed by atoms with Crippen LogP contribution in [0.5, 0.6) is 0 Å². The number of nitrogens with one attached hydrogen (secondary N) is 2. The van der Waals surface area contributed by atoms with E-state index < -0.39 is 6.04 Å². The van der Waals surface area contributed by atoms with Gasteiger partial charge in [0.05, 0.1) is 11.4 Å². The second kappa shape index (κ2) is 8.63. The normalized spacial score (nSPS) is 17.1. The maximum atomic E-state index is 13.5. The minimum absolute atomic E-state index is 0.268. The zero-order valence-electron chi connectivity index (χ0n) is 19.4. The Labute approximate surface area is 198 Å². The van der Waals surface area contributed by atoms with Crippen LogP contribution in [0.15, 0.2) is 78.9 Å². The molecule has 2 N–H and O–H groups in total. The molecule has 2 amide bonds. The third kappa shape index (κ3) is 3.88. The summed E-state index contributed by atoms with van der Waals surface area (Å²) in [5, 5.41) is 10.8. The predicted molar refractivity (Wildman–Crippen MR) is 132 cm³/mol. The highest BCUT2D eigenvalue weighted by atomic mass is 16.2. The molecule has 3 aromatic carbocycles. The zero-order valence-corrected chi connectivity index (χ0v) is 19.4. The van der Waals surface area contributed by atoms with Crippen LogP contribution in [-0.2, 0) is 4.79 Å². The van der Waals surface area contributed by atoms with Crippen molar-refractivity contribution in [1.82, 2.24) is 15.1 Å². The van der Waals surface area contributed by atoms with Crippen molar-refractivity contribution in [3.05, 3.63) is 112 Å². The summed E-state index contributed by atoms with van der Waals surface area (Å²) in [5.74, 6) is -0.293. The summed E-state index contributed by atoms with van der Waals surface area (Å²) in [6.07, 6.45) is 0. The number of hydrogen-bond acceptors (Lipinski definition) is 3. The number of hydrogen-bond donors (Lipinski definition) is 2. The maximum absolute atomic E-state index is 13.5. The number of aromatic nitrogens is 2. The SMILES string of the molecule is Cc1ccc([C@H]2c3c(C)nn(-c4ccc(C)cc4)c3NC(=O)[C@@H]2NC(=O)c2ccccc2)cc1. The van der Waals surface area contributed by atoms with Gasteiger partial charge in [0.2, 0.25) is 5.91 Å². The van der Waals surface area contributed by atoms with Crippen LogP contribution in [0.4, 0.5) is 5.82 Å². The van der Waals surface area contributed by atoms with Gasteiger partial charge in [-0.1, -0.05) is 65.7 Å². The Kier molecular flexibility index (Phi) is 5.49. The van der Waals surface area contributed by atoms with Gasteiger partial charge in [0.25, 0.3) is 5.91 Å². The highest BCUT2D eigenvalue weighted by molar-refractivity contribution is 6.04. The molecule has 0 radical (unpaired) electrons. The first-order valence-electron chi connectivity index (χ1n) is 11.3. The summed E-state index contributed by atoms with van der Waals surface area (Å²) < 4.78 is 1.78. The van der Waals surface area contributed by atoms with Gasteiger partial charge in [-0.15, -0.1) is 0 Å². The van der Waals surface area contributed by atoms with Gasteiger partial charge in [-0.2, -0.15) is 5.10 Å². The van der Waals surface area contributed by atoms with Gasteiger partial charge in [0.1, 0.15) is 11.9 Å². The lowest BCUT2D eigenvalue weighted by atomic mass is 9.81. The highest BCUT2D eigenvalue weighted by Crippen LogP contribution is 2.40. The van der Waals surface area contributed by atoms with E-state index in [4.69, 9.17) is 5.10 Å². The molecule has 5 rings (SSSR count). The molecule has 0 unspecified atom stereocenters. The van der Waals surface area contributed by atoms with E-state index in [2.05, 4.69) is 10.6 Å². The van der Waals surface area contributed by atoms with Crippen LogP contribution in [0.25, 0.3) is 5.69 Å². The van der Waals surface area contributed by atoms with E-state index in [9.17, 15) is 9.59 Å². The van der Waals surface area contributed by atoms with E-state index in [1.54, 1.807) is 28.9 Å². The first-order valence-corrected chi connectivity index (χ1v) is 11.3. The van der Waals surface area contributed by atoms with Crippen LogP contribution >= 0.6 is 0 Å². The van der Waals surface area contributed by atoms with Gasteiger partial charge in [0, 0.05) is 17.0 Å². The smallest absolute Gasteiger partial charge is 0.251 e. The van der Waals surface area contributed by atoms with E-state index in [0.717, 1.165) is 33.6 Å². The highest BCUT2D eigenvalue weighted by Gasteiger charge is 2.41. The molecule has 0 bridgehead atoms. The van der Waals surface area contributed by atoms with Gasteiger partial charge in [-0.25, -0.2) is 4.68 Å². The molecule has 1 aliphatic heterocycles. The quantitative estimate of drug-likeness (QED) is 0.474. The van der Waals surface area contributed by atoms with Crippen LogP contribution in [0.1, 0.15) is 44.2 Å². The maximum Gasteiger partial charge on any atom is 0.251 e. The van der Waals surface area contributed by atoms with Crippen molar-refractivity contribution in [3.8, 4) is 5.69 Å². The molecule has 0 fully saturated rings. The monoisotopic (exact) mass is 450 g/mol. The number of carbonyl (C=O) groups excluding carboxylic acids is 2. The predicted octanol–water partition coefficient (Wildman–Crippen LogP) is 4.68. The molecule has 0 aliphatic carbocycles. The lowest BCUT2D eigenvalue weighted by molar-refractivity contribution is -0.118. The molecule has 0 saturated heterocycles. The Balaban J connectivity index is 1.62. The van der Waals surface area contributed by atoms with Crippen molar-refractivity contribution < 1.29 is 9.59 Å². The second-order valence-corrected chi connectivity index (χ2v) is 8.79. The number of benzene rings is 3. The zero-order chi connectivity index (χ0) is 23.8. The number of anilines is 1. The van der Waals surface area contributed by atoms with Crippen molar-refractivity contribution in [2.45, 2.75) is 32.7 Å². The summed E-state index contributed by atoms with van der Waals surface area (Å²) in [6, 6.07) is 24.3. The Bertz CT molecular complexity index is 1360. The summed E-state index contributed by atoms with van der Waals surface area (Å²) in [7, 11) is 0. The number of aryl methyl sites for hydroxylation is 3. The fraction of sp³-hybridized carbons (Fsp3) is 0.179. The Morgan fingerprint density at radius 2 is 1.50 bits per heavy atom. The third-order valence-electron chi connectivity index (χ3n) is 6.31. The summed E-state index contributed by atoms with van der Waals surface area (Å²) in [4.78, 5) is 26.5. The van der Waals surface area contributed by atoms with Crippen LogP contribution in [0, 0.1) is 20.8 Å². The van der Waals surface area contributed by atoms with Crippen molar-refractivity contribution in [2.75, 3.05) is 5.32 Å². The standard InChI is InChI=1S/C28H26N4O2/c1-17-9-13-20(14-10-17)24-23-19(3)31-32(22-15-11-18(2)12-16-22)26(23)30-28(34)25(24)29-27(33)21-7-5-4-6-8-21/h4-16,24-25H,1-3H3,(H,29,33)(H,30,34)/t24-,25+/m0/s1. The largest absolute Gasteiger partial charge is 0.339 e. The number of amides is 2.